The Balaban J connectivity index is 2.27. The SMILES string of the molecule is C=C(c1ccccc1)c1cccc(OC(F)(F)F)c1. The molecule has 0 unspecified atom stereocenters. The van der Waals surface area contributed by atoms with Crippen molar-refractivity contribution in [3.05, 3.63) is 72.3 Å². The molecule has 4 heteroatoms. The summed E-state index contributed by atoms with van der Waals surface area (Å²) in [5.74, 6) is -0.248. The van der Waals surface area contributed by atoms with Gasteiger partial charge in [0.05, 0.1) is 0 Å². The van der Waals surface area contributed by atoms with Crippen molar-refractivity contribution in [1.29, 1.82) is 0 Å². The van der Waals surface area contributed by atoms with E-state index < -0.39 is 6.36 Å². The molecule has 0 spiro atoms. The van der Waals surface area contributed by atoms with Crippen LogP contribution in [0.3, 0.4) is 0 Å². The van der Waals surface area contributed by atoms with Gasteiger partial charge in [-0.1, -0.05) is 49.0 Å². The highest BCUT2D eigenvalue weighted by Gasteiger charge is 2.31. The number of rotatable bonds is 3. The Kier molecular flexibility index (Phi) is 3.60. The number of hydrogen-bond acceptors (Lipinski definition) is 1. The van der Waals surface area contributed by atoms with Crippen molar-refractivity contribution in [3.8, 4) is 5.75 Å². The van der Waals surface area contributed by atoms with E-state index in [-0.39, 0.29) is 5.75 Å². The molecule has 0 fully saturated rings. The minimum absolute atomic E-state index is 0.248. The molecule has 0 aliphatic carbocycles. The fourth-order valence-corrected chi connectivity index (χ4v) is 1.69. The van der Waals surface area contributed by atoms with Gasteiger partial charge in [0.15, 0.2) is 0 Å². The number of hydrogen-bond donors (Lipinski definition) is 0. The van der Waals surface area contributed by atoms with E-state index in [1.165, 1.54) is 18.2 Å². The van der Waals surface area contributed by atoms with Crippen LogP contribution in [0.25, 0.3) is 5.57 Å². The van der Waals surface area contributed by atoms with Crippen LogP contribution in [0.5, 0.6) is 5.75 Å². The topological polar surface area (TPSA) is 9.23 Å². The molecule has 0 saturated carbocycles. The van der Waals surface area contributed by atoms with Crippen molar-refractivity contribution in [2.45, 2.75) is 6.36 Å². The third-order valence-electron chi connectivity index (χ3n) is 2.54. The highest BCUT2D eigenvalue weighted by atomic mass is 19.4. The Hall–Kier alpha value is -2.23. The minimum atomic E-state index is -4.69. The molecule has 0 amide bonds. The van der Waals surface area contributed by atoms with Gasteiger partial charge in [0, 0.05) is 0 Å². The molecule has 98 valence electrons. The Morgan fingerprint density at radius 2 is 1.53 bits per heavy atom. The van der Waals surface area contributed by atoms with Gasteiger partial charge in [-0.25, -0.2) is 0 Å². The second kappa shape index (κ2) is 5.18. The lowest BCUT2D eigenvalue weighted by atomic mass is 10.00. The number of halogens is 3. The summed E-state index contributed by atoms with van der Waals surface area (Å²) in [7, 11) is 0. The molecular weight excluding hydrogens is 253 g/mol. The lowest BCUT2D eigenvalue weighted by Gasteiger charge is -2.11. The average Bonchev–Trinajstić information content (AvgIpc) is 2.37. The van der Waals surface area contributed by atoms with Crippen molar-refractivity contribution in [3.63, 3.8) is 0 Å². The first-order chi connectivity index (χ1) is 8.96. The van der Waals surface area contributed by atoms with E-state index >= 15 is 0 Å². The summed E-state index contributed by atoms with van der Waals surface area (Å²) < 4.78 is 40.3. The van der Waals surface area contributed by atoms with Crippen molar-refractivity contribution < 1.29 is 17.9 Å². The highest BCUT2D eigenvalue weighted by Crippen LogP contribution is 2.27. The molecule has 2 rings (SSSR count). The minimum Gasteiger partial charge on any atom is -0.406 e. The van der Waals surface area contributed by atoms with E-state index in [9.17, 15) is 13.2 Å². The van der Waals surface area contributed by atoms with E-state index in [1.54, 1.807) is 6.07 Å². The zero-order chi connectivity index (χ0) is 13.9. The maximum atomic E-state index is 12.2. The molecular formula is C15H11F3O. The zero-order valence-electron chi connectivity index (χ0n) is 9.95. The molecule has 0 bridgehead atoms. The van der Waals surface area contributed by atoms with Gasteiger partial charge in [-0.05, 0) is 28.8 Å². The fraction of sp³-hybridized carbons (Fsp3) is 0.0667. The summed E-state index contributed by atoms with van der Waals surface area (Å²) in [6, 6.07) is 15.0. The van der Waals surface area contributed by atoms with Crippen LogP contribution in [0, 0.1) is 0 Å². The monoisotopic (exact) mass is 264 g/mol. The predicted octanol–water partition coefficient (Wildman–Crippen LogP) is 4.65. The maximum Gasteiger partial charge on any atom is 0.573 e. The van der Waals surface area contributed by atoms with Crippen molar-refractivity contribution in [2.24, 2.45) is 0 Å². The maximum absolute atomic E-state index is 12.2. The summed E-state index contributed by atoms with van der Waals surface area (Å²) in [5.41, 5.74) is 2.09. The number of alkyl halides is 3. The van der Waals surface area contributed by atoms with E-state index in [1.807, 2.05) is 30.3 Å². The molecule has 0 radical (unpaired) electrons. The van der Waals surface area contributed by atoms with Crippen LogP contribution in [0.4, 0.5) is 13.2 Å². The molecule has 2 aromatic carbocycles. The van der Waals surface area contributed by atoms with Gasteiger partial charge in [0.2, 0.25) is 0 Å². The lowest BCUT2D eigenvalue weighted by Crippen LogP contribution is -2.17. The molecule has 0 N–H and O–H groups in total. The highest BCUT2D eigenvalue weighted by molar-refractivity contribution is 5.78. The number of benzene rings is 2. The molecule has 0 heterocycles. The summed E-state index contributed by atoms with van der Waals surface area (Å²) in [6.07, 6.45) is -4.69. The second-order valence-electron chi connectivity index (χ2n) is 3.92. The van der Waals surface area contributed by atoms with E-state index in [4.69, 9.17) is 0 Å². The van der Waals surface area contributed by atoms with Gasteiger partial charge in [-0.15, -0.1) is 13.2 Å². The smallest absolute Gasteiger partial charge is 0.406 e. The predicted molar refractivity (Wildman–Crippen MR) is 67.7 cm³/mol. The number of ether oxygens (including phenoxy) is 1. The van der Waals surface area contributed by atoms with Gasteiger partial charge in [-0.2, -0.15) is 0 Å². The van der Waals surface area contributed by atoms with Crippen LogP contribution < -0.4 is 4.74 Å². The third kappa shape index (κ3) is 3.61. The van der Waals surface area contributed by atoms with Gasteiger partial charge < -0.3 is 4.74 Å². The normalized spacial score (nSPS) is 11.1. The standard InChI is InChI=1S/C15H11F3O/c1-11(12-6-3-2-4-7-12)13-8-5-9-14(10-13)19-15(16,17)18/h2-10H,1H2. The van der Waals surface area contributed by atoms with Gasteiger partial charge in [0.1, 0.15) is 5.75 Å². The first kappa shape index (κ1) is 13.2. The van der Waals surface area contributed by atoms with Crippen LogP contribution >= 0.6 is 0 Å². The summed E-state index contributed by atoms with van der Waals surface area (Å²) in [6.45, 7) is 3.90. The second-order valence-corrected chi connectivity index (χ2v) is 3.92. The molecule has 19 heavy (non-hydrogen) atoms. The quantitative estimate of drug-likeness (QED) is 0.784. The molecule has 0 aromatic heterocycles. The van der Waals surface area contributed by atoms with Crippen LogP contribution in [-0.2, 0) is 0 Å². The Labute approximate surface area is 109 Å². The van der Waals surface area contributed by atoms with Crippen LogP contribution in [0.1, 0.15) is 11.1 Å². The van der Waals surface area contributed by atoms with Crippen LogP contribution in [-0.4, -0.2) is 6.36 Å². The molecule has 0 atom stereocenters. The van der Waals surface area contributed by atoms with Crippen LogP contribution in [0.2, 0.25) is 0 Å². The van der Waals surface area contributed by atoms with Crippen molar-refractivity contribution >= 4 is 5.57 Å². The van der Waals surface area contributed by atoms with Gasteiger partial charge in [-0.3, -0.25) is 0 Å². The first-order valence-electron chi connectivity index (χ1n) is 5.56. The van der Waals surface area contributed by atoms with E-state index in [0.717, 1.165) is 5.56 Å². The van der Waals surface area contributed by atoms with Crippen molar-refractivity contribution in [1.82, 2.24) is 0 Å². The summed E-state index contributed by atoms with van der Waals surface area (Å²) >= 11 is 0. The Bertz CT molecular complexity index is 573. The Morgan fingerprint density at radius 3 is 2.16 bits per heavy atom. The fourth-order valence-electron chi connectivity index (χ4n) is 1.69. The largest absolute Gasteiger partial charge is 0.573 e. The zero-order valence-corrected chi connectivity index (χ0v) is 9.95. The summed E-state index contributed by atoms with van der Waals surface area (Å²) in [4.78, 5) is 0. The third-order valence-corrected chi connectivity index (χ3v) is 2.54. The molecule has 0 aliphatic rings. The van der Waals surface area contributed by atoms with Gasteiger partial charge in [0.25, 0.3) is 0 Å². The molecule has 0 aliphatic heterocycles. The van der Waals surface area contributed by atoms with Gasteiger partial charge >= 0.3 is 6.36 Å². The molecule has 2 aromatic rings. The average molecular weight is 264 g/mol. The molecule has 1 nitrogen and oxygen atoms in total. The Morgan fingerprint density at radius 1 is 0.895 bits per heavy atom. The lowest BCUT2D eigenvalue weighted by molar-refractivity contribution is -0.274. The van der Waals surface area contributed by atoms with E-state index in [2.05, 4.69) is 11.3 Å². The van der Waals surface area contributed by atoms with E-state index in [0.29, 0.717) is 11.1 Å². The summed E-state index contributed by atoms with van der Waals surface area (Å²) in [5, 5.41) is 0. The van der Waals surface area contributed by atoms with Crippen molar-refractivity contribution in [2.75, 3.05) is 0 Å². The molecule has 0 saturated heterocycles. The van der Waals surface area contributed by atoms with Crippen LogP contribution in [0.15, 0.2) is 61.2 Å². The first-order valence-corrected chi connectivity index (χ1v) is 5.56.